The molecular formula is C10H10BrNO3. The minimum atomic E-state index is -0.996. The number of aliphatic carboxylic acids is 1. The quantitative estimate of drug-likeness (QED) is 0.827. The van der Waals surface area contributed by atoms with Crippen molar-refractivity contribution in [2.75, 3.05) is 12.4 Å². The Morgan fingerprint density at radius 2 is 2.27 bits per heavy atom. The van der Waals surface area contributed by atoms with Crippen LogP contribution in [0.25, 0.3) is 0 Å². The lowest BCUT2D eigenvalue weighted by Crippen LogP contribution is -1.93. The Morgan fingerprint density at radius 3 is 2.87 bits per heavy atom. The van der Waals surface area contributed by atoms with E-state index in [-0.39, 0.29) is 0 Å². The summed E-state index contributed by atoms with van der Waals surface area (Å²) in [4.78, 5) is 10.2. The van der Waals surface area contributed by atoms with Gasteiger partial charge < -0.3 is 15.2 Å². The highest BCUT2D eigenvalue weighted by Crippen LogP contribution is 2.24. The topological polar surface area (TPSA) is 58.6 Å². The van der Waals surface area contributed by atoms with Crippen LogP contribution in [0.2, 0.25) is 0 Å². The van der Waals surface area contributed by atoms with Gasteiger partial charge in [-0.2, -0.15) is 0 Å². The summed E-state index contributed by atoms with van der Waals surface area (Å²) in [5.74, 6) is -0.305. The minimum absolute atomic E-state index is 0.690. The van der Waals surface area contributed by atoms with Gasteiger partial charge in [0.1, 0.15) is 5.75 Å². The number of anilines is 1. The number of methoxy groups -OCH3 is 1. The molecule has 15 heavy (non-hydrogen) atoms. The van der Waals surface area contributed by atoms with Crippen molar-refractivity contribution in [3.05, 3.63) is 34.9 Å². The molecule has 1 rings (SSSR count). The average Bonchev–Trinajstić information content (AvgIpc) is 2.16. The lowest BCUT2D eigenvalue weighted by Gasteiger charge is -2.05. The first-order valence-electron chi connectivity index (χ1n) is 4.12. The van der Waals surface area contributed by atoms with Crippen LogP contribution in [0.1, 0.15) is 0 Å². The number of rotatable bonds is 4. The van der Waals surface area contributed by atoms with Crippen LogP contribution in [0.4, 0.5) is 5.69 Å². The number of hydrogen-bond acceptors (Lipinski definition) is 3. The zero-order chi connectivity index (χ0) is 11.3. The van der Waals surface area contributed by atoms with Gasteiger partial charge in [0.15, 0.2) is 0 Å². The standard InChI is InChI=1S/C10H10BrNO3/c1-15-9-5-7(11)4-8(6-9)12-3-2-10(13)14/h2-6,12H,1H3,(H,13,14)/b3-2+. The highest BCUT2D eigenvalue weighted by atomic mass is 79.9. The van der Waals surface area contributed by atoms with Crippen LogP contribution < -0.4 is 10.1 Å². The SMILES string of the molecule is COc1cc(Br)cc(N/C=C/C(=O)O)c1. The van der Waals surface area contributed by atoms with Crippen molar-refractivity contribution >= 4 is 27.6 Å². The van der Waals surface area contributed by atoms with Gasteiger partial charge in [-0.1, -0.05) is 15.9 Å². The zero-order valence-corrected chi connectivity index (χ0v) is 9.61. The Hall–Kier alpha value is -1.49. The van der Waals surface area contributed by atoms with E-state index in [0.717, 1.165) is 16.2 Å². The van der Waals surface area contributed by atoms with Crippen LogP contribution in [0.15, 0.2) is 34.9 Å². The lowest BCUT2D eigenvalue weighted by molar-refractivity contribution is -0.131. The number of carbonyl (C=O) groups is 1. The second-order valence-corrected chi connectivity index (χ2v) is 3.61. The molecule has 0 unspecified atom stereocenters. The van der Waals surface area contributed by atoms with Crippen LogP contribution in [0, 0.1) is 0 Å². The molecule has 0 aliphatic carbocycles. The Bertz CT molecular complexity index is 390. The zero-order valence-electron chi connectivity index (χ0n) is 8.03. The van der Waals surface area contributed by atoms with E-state index in [2.05, 4.69) is 21.2 Å². The Balaban J connectivity index is 2.76. The number of carboxylic acids is 1. The molecular weight excluding hydrogens is 262 g/mol. The number of halogens is 1. The molecule has 0 amide bonds. The van der Waals surface area contributed by atoms with E-state index in [1.54, 1.807) is 13.2 Å². The van der Waals surface area contributed by atoms with Crippen molar-refractivity contribution in [2.45, 2.75) is 0 Å². The summed E-state index contributed by atoms with van der Waals surface area (Å²) >= 11 is 3.31. The van der Waals surface area contributed by atoms with Crippen molar-refractivity contribution in [3.8, 4) is 5.75 Å². The second kappa shape index (κ2) is 5.41. The van der Waals surface area contributed by atoms with Gasteiger partial charge in [-0.25, -0.2) is 4.79 Å². The maximum Gasteiger partial charge on any atom is 0.329 e. The fourth-order valence-corrected chi connectivity index (χ4v) is 1.45. The summed E-state index contributed by atoms with van der Waals surface area (Å²) in [5.41, 5.74) is 0.749. The molecule has 0 atom stereocenters. The van der Waals surface area contributed by atoms with Gasteiger partial charge in [0.25, 0.3) is 0 Å². The molecule has 0 fully saturated rings. The third-order valence-corrected chi connectivity index (χ3v) is 2.04. The van der Waals surface area contributed by atoms with E-state index in [9.17, 15) is 4.79 Å². The first-order valence-corrected chi connectivity index (χ1v) is 4.91. The number of nitrogens with one attached hydrogen (secondary N) is 1. The van der Waals surface area contributed by atoms with Crippen LogP contribution in [-0.2, 0) is 4.79 Å². The predicted octanol–water partition coefficient (Wildman–Crippen LogP) is 2.47. The van der Waals surface area contributed by atoms with Gasteiger partial charge >= 0.3 is 5.97 Å². The van der Waals surface area contributed by atoms with Crippen LogP contribution in [0.5, 0.6) is 5.75 Å². The first kappa shape index (κ1) is 11.6. The second-order valence-electron chi connectivity index (χ2n) is 2.70. The largest absolute Gasteiger partial charge is 0.497 e. The molecule has 0 saturated carbocycles. The summed E-state index contributed by atoms with van der Waals surface area (Å²) in [7, 11) is 1.57. The van der Waals surface area contributed by atoms with Crippen molar-refractivity contribution in [3.63, 3.8) is 0 Å². The normalized spacial score (nSPS) is 10.3. The molecule has 5 heteroatoms. The van der Waals surface area contributed by atoms with Crippen molar-refractivity contribution in [2.24, 2.45) is 0 Å². The maximum absolute atomic E-state index is 10.2. The molecule has 1 aromatic carbocycles. The van der Waals surface area contributed by atoms with Crippen molar-refractivity contribution in [1.29, 1.82) is 0 Å². The van der Waals surface area contributed by atoms with E-state index >= 15 is 0 Å². The molecule has 0 aromatic heterocycles. The molecule has 0 aliphatic rings. The predicted molar refractivity (Wildman–Crippen MR) is 61.1 cm³/mol. The summed E-state index contributed by atoms with van der Waals surface area (Å²) < 4.78 is 5.91. The van der Waals surface area contributed by atoms with Crippen LogP contribution >= 0.6 is 15.9 Å². The van der Waals surface area contributed by atoms with Gasteiger partial charge in [-0.05, 0) is 12.1 Å². The molecule has 0 aliphatic heterocycles. The molecule has 0 bridgehead atoms. The Morgan fingerprint density at radius 1 is 1.53 bits per heavy atom. The lowest BCUT2D eigenvalue weighted by atomic mass is 10.3. The number of carboxylic acid groups (broad SMARTS) is 1. The molecule has 0 spiro atoms. The summed E-state index contributed by atoms with van der Waals surface area (Å²) in [6.07, 6.45) is 2.37. The summed E-state index contributed by atoms with van der Waals surface area (Å²) in [5, 5.41) is 11.2. The van der Waals surface area contributed by atoms with Crippen LogP contribution in [-0.4, -0.2) is 18.2 Å². The summed E-state index contributed by atoms with van der Waals surface area (Å²) in [6.45, 7) is 0. The van der Waals surface area contributed by atoms with Gasteiger partial charge in [-0.3, -0.25) is 0 Å². The van der Waals surface area contributed by atoms with E-state index in [0.29, 0.717) is 5.75 Å². The molecule has 0 saturated heterocycles. The van der Waals surface area contributed by atoms with Gasteiger partial charge in [0, 0.05) is 28.5 Å². The monoisotopic (exact) mass is 271 g/mol. The highest BCUT2D eigenvalue weighted by Gasteiger charge is 1.97. The van der Waals surface area contributed by atoms with Gasteiger partial charge in [-0.15, -0.1) is 0 Å². The smallest absolute Gasteiger partial charge is 0.329 e. The fourth-order valence-electron chi connectivity index (χ4n) is 0.973. The van der Waals surface area contributed by atoms with E-state index < -0.39 is 5.97 Å². The third kappa shape index (κ3) is 4.03. The minimum Gasteiger partial charge on any atom is -0.497 e. The Kier molecular flexibility index (Phi) is 4.17. The molecule has 0 heterocycles. The molecule has 0 radical (unpaired) electrons. The van der Waals surface area contributed by atoms with Gasteiger partial charge in [0.05, 0.1) is 7.11 Å². The maximum atomic E-state index is 10.2. The Labute approximate surface area is 95.7 Å². The van der Waals surface area contributed by atoms with E-state index in [1.165, 1.54) is 6.20 Å². The number of benzene rings is 1. The van der Waals surface area contributed by atoms with Crippen molar-refractivity contribution in [1.82, 2.24) is 0 Å². The fraction of sp³-hybridized carbons (Fsp3) is 0.100. The molecule has 1 aromatic rings. The first-order chi connectivity index (χ1) is 7.11. The van der Waals surface area contributed by atoms with Gasteiger partial charge in [0.2, 0.25) is 0 Å². The number of ether oxygens (including phenoxy) is 1. The van der Waals surface area contributed by atoms with E-state index in [4.69, 9.17) is 9.84 Å². The number of hydrogen-bond donors (Lipinski definition) is 2. The van der Waals surface area contributed by atoms with Crippen molar-refractivity contribution < 1.29 is 14.6 Å². The van der Waals surface area contributed by atoms with Crippen LogP contribution in [0.3, 0.4) is 0 Å². The molecule has 80 valence electrons. The molecule has 2 N–H and O–H groups in total. The summed E-state index contributed by atoms with van der Waals surface area (Å²) in [6, 6.07) is 5.39. The van der Waals surface area contributed by atoms with E-state index in [1.807, 2.05) is 12.1 Å². The highest BCUT2D eigenvalue weighted by molar-refractivity contribution is 9.10. The molecule has 4 nitrogen and oxygen atoms in total. The average molecular weight is 272 g/mol. The third-order valence-electron chi connectivity index (χ3n) is 1.58.